The fraction of sp³-hybridized carbons (Fsp3) is 0.769. The Morgan fingerprint density at radius 3 is 2.82 bits per heavy atom. The molecule has 1 rings (SSSR count). The third-order valence-corrected chi connectivity index (χ3v) is 2.66. The van der Waals surface area contributed by atoms with Gasteiger partial charge < -0.3 is 15.4 Å². The van der Waals surface area contributed by atoms with Gasteiger partial charge in [-0.15, -0.1) is 6.58 Å². The maximum absolute atomic E-state index is 11.6. The van der Waals surface area contributed by atoms with Crippen LogP contribution < -0.4 is 10.6 Å². The lowest BCUT2D eigenvalue weighted by atomic mass is 9.93. The first-order valence-electron chi connectivity index (χ1n) is 6.22. The molecule has 1 aliphatic heterocycles. The van der Waals surface area contributed by atoms with Gasteiger partial charge in [0.2, 0.25) is 0 Å². The van der Waals surface area contributed by atoms with Gasteiger partial charge in [-0.1, -0.05) is 6.08 Å². The summed E-state index contributed by atoms with van der Waals surface area (Å²) in [6.45, 7) is 11.2. The fourth-order valence-electron chi connectivity index (χ4n) is 2.03. The average Bonchev–Trinajstić information content (AvgIpc) is 2.15. The molecule has 1 amide bonds. The van der Waals surface area contributed by atoms with Crippen molar-refractivity contribution in [1.82, 2.24) is 10.6 Å². The van der Waals surface area contributed by atoms with Gasteiger partial charge in [-0.3, -0.25) is 0 Å². The zero-order valence-electron chi connectivity index (χ0n) is 11.1. The Balaban J connectivity index is 2.35. The van der Waals surface area contributed by atoms with Crippen LogP contribution in [0.1, 0.15) is 33.6 Å². The lowest BCUT2D eigenvalue weighted by Gasteiger charge is -2.30. The van der Waals surface area contributed by atoms with Crippen LogP contribution in [0, 0.1) is 5.92 Å². The summed E-state index contributed by atoms with van der Waals surface area (Å²) in [6, 6.07) is 0.156. The van der Waals surface area contributed by atoms with Gasteiger partial charge in [0.1, 0.15) is 5.60 Å². The molecule has 1 fully saturated rings. The van der Waals surface area contributed by atoms with Gasteiger partial charge in [0, 0.05) is 12.6 Å². The minimum Gasteiger partial charge on any atom is -0.444 e. The molecule has 0 saturated carbocycles. The van der Waals surface area contributed by atoms with E-state index in [9.17, 15) is 4.79 Å². The van der Waals surface area contributed by atoms with Crippen molar-refractivity contribution in [3.63, 3.8) is 0 Å². The highest BCUT2D eigenvalue weighted by molar-refractivity contribution is 5.68. The minimum atomic E-state index is -0.438. The molecule has 4 nitrogen and oxygen atoms in total. The Morgan fingerprint density at radius 2 is 2.24 bits per heavy atom. The largest absolute Gasteiger partial charge is 0.444 e. The molecule has 0 aromatic carbocycles. The summed E-state index contributed by atoms with van der Waals surface area (Å²) in [7, 11) is 0. The van der Waals surface area contributed by atoms with E-state index in [1.165, 1.54) is 0 Å². The molecule has 4 heteroatoms. The van der Waals surface area contributed by atoms with E-state index in [1.54, 1.807) is 0 Å². The number of nitrogens with one attached hydrogen (secondary N) is 2. The smallest absolute Gasteiger partial charge is 0.407 e. The number of alkyl carbamates (subject to hydrolysis) is 1. The average molecular weight is 240 g/mol. The Morgan fingerprint density at radius 1 is 1.53 bits per heavy atom. The number of hydrogen-bond donors (Lipinski definition) is 2. The Bertz CT molecular complexity index is 271. The van der Waals surface area contributed by atoms with E-state index in [-0.39, 0.29) is 12.1 Å². The molecule has 1 saturated heterocycles. The van der Waals surface area contributed by atoms with Crippen molar-refractivity contribution in [3.05, 3.63) is 12.7 Å². The van der Waals surface area contributed by atoms with E-state index in [0.717, 1.165) is 25.9 Å². The molecule has 1 heterocycles. The lowest BCUT2D eigenvalue weighted by molar-refractivity contribution is 0.0490. The maximum atomic E-state index is 11.6. The van der Waals surface area contributed by atoms with E-state index in [2.05, 4.69) is 17.2 Å². The maximum Gasteiger partial charge on any atom is 0.407 e. The van der Waals surface area contributed by atoms with Crippen molar-refractivity contribution in [2.45, 2.75) is 45.3 Å². The SMILES string of the molecule is C=CC[C@@H]1CNC[C@@H](NC(=O)OC(C)(C)C)C1. The predicted octanol–water partition coefficient (Wildman–Crippen LogP) is 2.07. The number of amides is 1. The van der Waals surface area contributed by atoms with Crippen molar-refractivity contribution in [2.24, 2.45) is 5.92 Å². The van der Waals surface area contributed by atoms with Crippen LogP contribution in [0.4, 0.5) is 4.79 Å². The second-order valence-electron chi connectivity index (χ2n) is 5.63. The zero-order valence-corrected chi connectivity index (χ0v) is 11.1. The summed E-state index contributed by atoms with van der Waals surface area (Å²) in [6.07, 6.45) is 3.57. The topological polar surface area (TPSA) is 50.4 Å². The van der Waals surface area contributed by atoms with Gasteiger partial charge in [-0.2, -0.15) is 0 Å². The van der Waals surface area contributed by atoms with Crippen LogP contribution in [0.15, 0.2) is 12.7 Å². The quantitative estimate of drug-likeness (QED) is 0.742. The molecule has 98 valence electrons. The van der Waals surface area contributed by atoms with E-state index >= 15 is 0 Å². The van der Waals surface area contributed by atoms with Gasteiger partial charge in [0.05, 0.1) is 0 Å². The van der Waals surface area contributed by atoms with E-state index in [1.807, 2.05) is 26.8 Å². The standard InChI is InChI=1S/C13H24N2O2/c1-5-6-10-7-11(9-14-8-10)15-12(16)17-13(2,3)4/h5,10-11,14H,1,6-9H2,2-4H3,(H,15,16)/t10-,11-/m0/s1. The van der Waals surface area contributed by atoms with E-state index < -0.39 is 5.60 Å². The summed E-state index contributed by atoms with van der Waals surface area (Å²) in [5.74, 6) is 0.557. The third kappa shape index (κ3) is 5.73. The number of ether oxygens (including phenoxy) is 1. The second-order valence-corrected chi connectivity index (χ2v) is 5.63. The van der Waals surface area contributed by atoms with Crippen LogP contribution >= 0.6 is 0 Å². The van der Waals surface area contributed by atoms with Gasteiger partial charge in [0.15, 0.2) is 0 Å². The Kier molecular flexibility index (Phi) is 5.00. The first-order valence-corrected chi connectivity index (χ1v) is 6.22. The molecule has 17 heavy (non-hydrogen) atoms. The zero-order chi connectivity index (χ0) is 12.9. The molecule has 2 N–H and O–H groups in total. The molecule has 0 aromatic rings. The molecular formula is C13H24N2O2. The highest BCUT2D eigenvalue weighted by Crippen LogP contribution is 2.15. The molecule has 0 bridgehead atoms. The van der Waals surface area contributed by atoms with Crippen LogP contribution in [0.2, 0.25) is 0 Å². The van der Waals surface area contributed by atoms with Crippen molar-refractivity contribution in [1.29, 1.82) is 0 Å². The molecule has 0 radical (unpaired) electrons. The summed E-state index contributed by atoms with van der Waals surface area (Å²) in [5, 5.41) is 6.23. The van der Waals surface area contributed by atoms with Crippen molar-refractivity contribution < 1.29 is 9.53 Å². The number of allylic oxidation sites excluding steroid dienone is 1. The number of hydrogen-bond acceptors (Lipinski definition) is 3. The van der Waals surface area contributed by atoms with Crippen LogP contribution in [0.5, 0.6) is 0 Å². The Hall–Kier alpha value is -1.03. The Labute approximate surface area is 104 Å². The van der Waals surface area contributed by atoms with Gasteiger partial charge in [-0.05, 0) is 46.1 Å². The van der Waals surface area contributed by atoms with Crippen LogP contribution in [0.25, 0.3) is 0 Å². The molecule has 2 atom stereocenters. The fourth-order valence-corrected chi connectivity index (χ4v) is 2.03. The molecule has 0 aromatic heterocycles. The minimum absolute atomic E-state index is 0.156. The lowest BCUT2D eigenvalue weighted by Crippen LogP contribution is -2.49. The molecular weight excluding hydrogens is 216 g/mol. The molecule has 0 unspecified atom stereocenters. The normalized spacial score (nSPS) is 25.1. The molecule has 0 aliphatic carbocycles. The van der Waals surface area contributed by atoms with Crippen molar-refractivity contribution in [3.8, 4) is 0 Å². The van der Waals surface area contributed by atoms with Gasteiger partial charge in [-0.25, -0.2) is 4.79 Å². The van der Waals surface area contributed by atoms with Gasteiger partial charge >= 0.3 is 6.09 Å². The summed E-state index contributed by atoms with van der Waals surface area (Å²) in [5.41, 5.74) is -0.438. The van der Waals surface area contributed by atoms with Crippen LogP contribution in [-0.4, -0.2) is 30.8 Å². The number of rotatable bonds is 3. The monoisotopic (exact) mass is 240 g/mol. The van der Waals surface area contributed by atoms with Gasteiger partial charge in [0.25, 0.3) is 0 Å². The first-order chi connectivity index (χ1) is 7.90. The molecule has 0 spiro atoms. The van der Waals surface area contributed by atoms with E-state index in [4.69, 9.17) is 4.74 Å². The summed E-state index contributed by atoms with van der Waals surface area (Å²) >= 11 is 0. The first kappa shape index (κ1) is 14.0. The number of piperidine rings is 1. The van der Waals surface area contributed by atoms with Crippen molar-refractivity contribution in [2.75, 3.05) is 13.1 Å². The summed E-state index contributed by atoms with van der Waals surface area (Å²) in [4.78, 5) is 11.6. The number of carbonyl (C=O) groups excluding carboxylic acids is 1. The van der Waals surface area contributed by atoms with Crippen LogP contribution in [0.3, 0.4) is 0 Å². The summed E-state index contributed by atoms with van der Waals surface area (Å²) < 4.78 is 5.24. The predicted molar refractivity (Wildman–Crippen MR) is 68.9 cm³/mol. The third-order valence-electron chi connectivity index (χ3n) is 2.66. The highest BCUT2D eigenvalue weighted by Gasteiger charge is 2.24. The highest BCUT2D eigenvalue weighted by atomic mass is 16.6. The molecule has 1 aliphatic rings. The van der Waals surface area contributed by atoms with Crippen molar-refractivity contribution >= 4 is 6.09 Å². The van der Waals surface area contributed by atoms with Crippen LogP contribution in [-0.2, 0) is 4.74 Å². The number of carbonyl (C=O) groups is 1. The second kappa shape index (κ2) is 6.05. The van der Waals surface area contributed by atoms with E-state index in [0.29, 0.717) is 5.92 Å².